The molecule has 1 saturated heterocycles. The SMILES string of the molecule is O=C1C=C[C@]23C(c4ccccc4)=CC(=O)N2[C@H](c2cccc(Br)c2)C(=O)N[C@@H]3C1. The summed E-state index contributed by atoms with van der Waals surface area (Å²) < 4.78 is 0.830. The van der Waals surface area contributed by atoms with Gasteiger partial charge in [-0.05, 0) is 41.0 Å². The topological polar surface area (TPSA) is 66.5 Å². The number of nitrogens with one attached hydrogen (secondary N) is 1. The lowest BCUT2D eigenvalue weighted by Crippen LogP contribution is -2.69. The number of benzene rings is 2. The molecule has 0 aromatic heterocycles. The van der Waals surface area contributed by atoms with Crippen molar-refractivity contribution in [1.29, 1.82) is 0 Å². The van der Waals surface area contributed by atoms with Crippen LogP contribution in [-0.2, 0) is 14.4 Å². The molecule has 5 nitrogen and oxygen atoms in total. The summed E-state index contributed by atoms with van der Waals surface area (Å²) in [6.07, 6.45) is 5.08. The predicted molar refractivity (Wildman–Crippen MR) is 112 cm³/mol. The number of ketones is 1. The fourth-order valence-electron chi connectivity index (χ4n) is 4.69. The van der Waals surface area contributed by atoms with Gasteiger partial charge in [0.1, 0.15) is 11.6 Å². The molecule has 1 spiro atoms. The summed E-state index contributed by atoms with van der Waals surface area (Å²) in [4.78, 5) is 40.2. The van der Waals surface area contributed by atoms with Crippen LogP contribution in [-0.4, -0.2) is 34.1 Å². The van der Waals surface area contributed by atoms with E-state index in [1.54, 1.807) is 17.1 Å². The van der Waals surface area contributed by atoms with Crippen molar-refractivity contribution in [3.63, 3.8) is 0 Å². The molecule has 3 aliphatic rings. The lowest BCUT2D eigenvalue weighted by molar-refractivity contribution is -0.147. The van der Waals surface area contributed by atoms with Gasteiger partial charge < -0.3 is 10.2 Å². The van der Waals surface area contributed by atoms with Crippen molar-refractivity contribution in [2.45, 2.75) is 24.0 Å². The number of hydrogen-bond acceptors (Lipinski definition) is 3. The van der Waals surface area contributed by atoms with Crippen molar-refractivity contribution >= 4 is 39.1 Å². The van der Waals surface area contributed by atoms with Crippen LogP contribution >= 0.6 is 15.9 Å². The highest BCUT2D eigenvalue weighted by Gasteiger charge is 2.60. The zero-order valence-electron chi connectivity index (χ0n) is 15.3. The van der Waals surface area contributed by atoms with Gasteiger partial charge in [0, 0.05) is 17.0 Å². The highest BCUT2D eigenvalue weighted by Crippen LogP contribution is 2.50. The van der Waals surface area contributed by atoms with Gasteiger partial charge in [0.2, 0.25) is 11.8 Å². The Morgan fingerprint density at radius 3 is 2.59 bits per heavy atom. The Hall–Kier alpha value is -2.99. The average molecular weight is 449 g/mol. The third-order valence-electron chi connectivity index (χ3n) is 5.87. The van der Waals surface area contributed by atoms with E-state index in [0.29, 0.717) is 0 Å². The molecule has 1 fully saturated rings. The number of nitrogens with zero attached hydrogens (tertiary/aromatic N) is 1. The van der Waals surface area contributed by atoms with E-state index in [4.69, 9.17) is 0 Å². The number of hydrogen-bond donors (Lipinski definition) is 1. The number of carbonyl (C=O) groups is 3. The van der Waals surface area contributed by atoms with Gasteiger partial charge >= 0.3 is 0 Å². The predicted octanol–water partition coefficient (Wildman–Crippen LogP) is 3.18. The van der Waals surface area contributed by atoms with Gasteiger partial charge in [0.25, 0.3) is 0 Å². The maximum Gasteiger partial charge on any atom is 0.248 e. The monoisotopic (exact) mass is 448 g/mol. The van der Waals surface area contributed by atoms with Gasteiger partial charge in [-0.2, -0.15) is 0 Å². The quantitative estimate of drug-likeness (QED) is 0.766. The molecule has 2 aromatic carbocycles. The first-order valence-corrected chi connectivity index (χ1v) is 10.2. The molecular weight excluding hydrogens is 432 g/mol. The molecule has 0 radical (unpaired) electrons. The third-order valence-corrected chi connectivity index (χ3v) is 6.36. The van der Waals surface area contributed by atoms with Gasteiger partial charge in [-0.1, -0.05) is 58.4 Å². The van der Waals surface area contributed by atoms with E-state index in [-0.39, 0.29) is 24.0 Å². The van der Waals surface area contributed by atoms with E-state index in [9.17, 15) is 14.4 Å². The minimum atomic E-state index is -0.896. The largest absolute Gasteiger partial charge is 0.348 e. The Morgan fingerprint density at radius 1 is 1.03 bits per heavy atom. The summed E-state index contributed by atoms with van der Waals surface area (Å²) in [5.41, 5.74) is 1.53. The number of allylic oxidation sites excluding steroid dienone is 1. The molecule has 0 bridgehead atoms. The molecule has 2 amide bonds. The zero-order valence-corrected chi connectivity index (χ0v) is 16.9. The van der Waals surface area contributed by atoms with E-state index in [1.807, 2.05) is 54.6 Å². The summed E-state index contributed by atoms with van der Waals surface area (Å²) in [7, 11) is 0. The van der Waals surface area contributed by atoms with Crippen LogP contribution in [0.5, 0.6) is 0 Å². The zero-order chi connectivity index (χ0) is 20.2. The van der Waals surface area contributed by atoms with Gasteiger partial charge in [-0.3, -0.25) is 14.4 Å². The standard InChI is InChI=1S/C23H17BrN2O3/c24-16-8-4-7-15(11-16)21-22(29)25-19-12-17(27)9-10-23(19)18(13-20(28)26(21)23)14-5-2-1-3-6-14/h1-11,13,19,21H,12H2,(H,25,29)/t19-,21-,23-/m1/s1. The molecule has 1 N–H and O–H groups in total. The van der Waals surface area contributed by atoms with Crippen LogP contribution in [0.1, 0.15) is 23.6 Å². The summed E-state index contributed by atoms with van der Waals surface area (Å²) in [6.45, 7) is 0. The molecule has 3 atom stereocenters. The molecule has 0 unspecified atom stereocenters. The minimum absolute atomic E-state index is 0.0615. The Balaban J connectivity index is 1.73. The lowest BCUT2D eigenvalue weighted by atomic mass is 9.72. The van der Waals surface area contributed by atoms with E-state index in [1.165, 1.54) is 6.08 Å². The van der Waals surface area contributed by atoms with Gasteiger partial charge in [0.15, 0.2) is 5.78 Å². The second kappa shape index (κ2) is 6.52. The number of piperazine rings is 1. The van der Waals surface area contributed by atoms with Crippen LogP contribution < -0.4 is 5.32 Å². The number of halogens is 1. The van der Waals surface area contributed by atoms with Crippen LogP contribution in [0.2, 0.25) is 0 Å². The molecule has 29 heavy (non-hydrogen) atoms. The van der Waals surface area contributed by atoms with Crippen LogP contribution in [0.25, 0.3) is 5.57 Å². The molecule has 2 heterocycles. The molecule has 6 heteroatoms. The van der Waals surface area contributed by atoms with E-state index >= 15 is 0 Å². The molecule has 1 aliphatic carbocycles. The van der Waals surface area contributed by atoms with Crippen molar-refractivity contribution in [3.8, 4) is 0 Å². The first kappa shape index (κ1) is 18.1. The number of rotatable bonds is 2. The second-order valence-corrected chi connectivity index (χ2v) is 8.40. The lowest BCUT2D eigenvalue weighted by Gasteiger charge is -2.52. The van der Waals surface area contributed by atoms with Gasteiger partial charge in [0.05, 0.1) is 6.04 Å². The van der Waals surface area contributed by atoms with Crippen LogP contribution in [0.3, 0.4) is 0 Å². The van der Waals surface area contributed by atoms with Crippen molar-refractivity contribution in [2.75, 3.05) is 0 Å². The summed E-state index contributed by atoms with van der Waals surface area (Å²) in [5, 5.41) is 3.04. The van der Waals surface area contributed by atoms with Crippen LogP contribution in [0.15, 0.2) is 77.3 Å². The third kappa shape index (κ3) is 2.63. The van der Waals surface area contributed by atoms with Crippen LogP contribution in [0.4, 0.5) is 0 Å². The molecule has 0 saturated carbocycles. The van der Waals surface area contributed by atoms with Crippen molar-refractivity contribution in [2.24, 2.45) is 0 Å². The second-order valence-electron chi connectivity index (χ2n) is 7.48. The highest BCUT2D eigenvalue weighted by atomic mass is 79.9. The smallest absolute Gasteiger partial charge is 0.248 e. The maximum atomic E-state index is 13.3. The first-order valence-electron chi connectivity index (χ1n) is 9.39. The van der Waals surface area contributed by atoms with Crippen molar-refractivity contribution in [3.05, 3.63) is 88.4 Å². The Labute approximate surface area is 176 Å². The maximum absolute atomic E-state index is 13.3. The van der Waals surface area contributed by atoms with Crippen molar-refractivity contribution < 1.29 is 14.4 Å². The number of amides is 2. The molecule has 144 valence electrons. The summed E-state index contributed by atoms with van der Waals surface area (Å²) >= 11 is 3.45. The molecular formula is C23H17BrN2O3. The molecule has 5 rings (SSSR count). The molecule has 2 aliphatic heterocycles. The van der Waals surface area contributed by atoms with E-state index in [0.717, 1.165) is 21.2 Å². The number of carbonyl (C=O) groups excluding carboxylic acids is 3. The Morgan fingerprint density at radius 2 is 1.83 bits per heavy atom. The normalized spacial score (nSPS) is 28.0. The minimum Gasteiger partial charge on any atom is -0.348 e. The first-order chi connectivity index (χ1) is 14.0. The van der Waals surface area contributed by atoms with Crippen LogP contribution in [0, 0.1) is 0 Å². The summed E-state index contributed by atoms with van der Waals surface area (Å²) in [5.74, 6) is -0.566. The van der Waals surface area contributed by atoms with E-state index in [2.05, 4.69) is 21.2 Å². The Kier molecular flexibility index (Phi) is 4.06. The highest BCUT2D eigenvalue weighted by molar-refractivity contribution is 9.10. The fraction of sp³-hybridized carbons (Fsp3) is 0.174. The average Bonchev–Trinajstić information content (AvgIpc) is 3.00. The molecule has 2 aromatic rings. The Bertz CT molecular complexity index is 1110. The van der Waals surface area contributed by atoms with Gasteiger partial charge in [-0.15, -0.1) is 0 Å². The fourth-order valence-corrected chi connectivity index (χ4v) is 5.10. The summed E-state index contributed by atoms with van der Waals surface area (Å²) in [6, 6.07) is 15.8. The van der Waals surface area contributed by atoms with Gasteiger partial charge in [-0.25, -0.2) is 0 Å². The van der Waals surface area contributed by atoms with E-state index < -0.39 is 17.6 Å². The van der Waals surface area contributed by atoms with Crippen molar-refractivity contribution in [1.82, 2.24) is 10.2 Å².